The second-order valence-corrected chi connectivity index (χ2v) is 12.3. The molecule has 0 saturated carbocycles. The summed E-state index contributed by atoms with van der Waals surface area (Å²) in [4.78, 5) is 13.0. The molecule has 2 aromatic rings. The van der Waals surface area contributed by atoms with Gasteiger partial charge in [0.25, 0.3) is 0 Å². The van der Waals surface area contributed by atoms with Crippen molar-refractivity contribution < 1.29 is 18.8 Å². The predicted octanol–water partition coefficient (Wildman–Crippen LogP) is 9.50. The van der Waals surface area contributed by atoms with Gasteiger partial charge in [-0.15, -0.1) is 0 Å². The number of carbonyl (C=O) groups excluding carboxylic acids is 1. The Labute approximate surface area is 246 Å². The van der Waals surface area contributed by atoms with Crippen molar-refractivity contribution in [3.63, 3.8) is 0 Å². The zero-order chi connectivity index (χ0) is 29.1. The van der Waals surface area contributed by atoms with E-state index in [0.29, 0.717) is 6.42 Å². The van der Waals surface area contributed by atoms with E-state index in [1.54, 1.807) is 0 Å². The molecule has 0 bridgehead atoms. The lowest BCUT2D eigenvalue weighted by Crippen LogP contribution is -2.41. The monoisotopic (exact) mass is 552 g/mol. The molecule has 4 nitrogen and oxygen atoms in total. The summed E-state index contributed by atoms with van der Waals surface area (Å²) in [6.45, 7) is 8.21. The van der Waals surface area contributed by atoms with E-state index in [4.69, 9.17) is 9.47 Å². The molecule has 0 radical (unpaired) electrons. The number of carbonyl (C=O) groups is 1. The van der Waals surface area contributed by atoms with Crippen molar-refractivity contribution in [3.05, 3.63) is 65.7 Å². The first kappa shape index (κ1) is 33.9. The highest BCUT2D eigenvalue weighted by molar-refractivity contribution is 5.72. The van der Waals surface area contributed by atoms with Crippen LogP contribution in [-0.2, 0) is 22.5 Å². The van der Waals surface area contributed by atoms with Crippen LogP contribution in [0.25, 0.3) is 0 Å². The van der Waals surface area contributed by atoms with Crippen LogP contribution in [0.3, 0.4) is 0 Å². The van der Waals surface area contributed by atoms with Crippen LogP contribution in [0.4, 0.5) is 0 Å². The minimum Gasteiger partial charge on any atom is -0.455 e. The minimum atomic E-state index is -0.541. The molecule has 0 heterocycles. The van der Waals surface area contributed by atoms with Gasteiger partial charge in [-0.05, 0) is 30.9 Å². The number of hydrogen-bond donors (Lipinski definition) is 0. The Morgan fingerprint density at radius 2 is 1.35 bits per heavy atom. The van der Waals surface area contributed by atoms with E-state index >= 15 is 0 Å². The predicted molar refractivity (Wildman–Crippen MR) is 168 cm³/mol. The van der Waals surface area contributed by atoms with E-state index in [1.165, 1.54) is 75.3 Å². The third kappa shape index (κ3) is 14.3. The van der Waals surface area contributed by atoms with Gasteiger partial charge >= 0.3 is 5.97 Å². The molecule has 0 N–H and O–H groups in total. The van der Waals surface area contributed by atoms with Gasteiger partial charge in [0.05, 0.1) is 26.6 Å². The molecule has 0 saturated heterocycles. The van der Waals surface area contributed by atoms with Crippen LogP contribution in [0.5, 0.6) is 5.75 Å². The van der Waals surface area contributed by atoms with Gasteiger partial charge in [-0.25, -0.2) is 0 Å². The van der Waals surface area contributed by atoms with Gasteiger partial charge in [0.15, 0.2) is 0 Å². The molecule has 2 rings (SSSR count). The van der Waals surface area contributed by atoms with Crippen molar-refractivity contribution in [2.45, 2.75) is 123 Å². The highest BCUT2D eigenvalue weighted by Crippen LogP contribution is 2.24. The normalized spacial score (nSPS) is 13.1. The van der Waals surface area contributed by atoms with Crippen molar-refractivity contribution in [3.8, 4) is 5.75 Å². The maximum Gasteiger partial charge on any atom is 0.311 e. The topological polar surface area (TPSA) is 35.5 Å². The molecule has 0 aliphatic carbocycles. The van der Waals surface area contributed by atoms with Crippen LogP contribution in [0, 0.1) is 5.92 Å². The summed E-state index contributed by atoms with van der Waals surface area (Å²) in [5.41, 5.74) is 2.53. The number of quaternary nitrogens is 1. The largest absolute Gasteiger partial charge is 0.455 e. The Kier molecular flexibility index (Phi) is 16.7. The quantitative estimate of drug-likeness (QED) is 0.0631. The third-order valence-electron chi connectivity index (χ3n) is 7.83. The average Bonchev–Trinajstić information content (AvgIpc) is 2.94. The molecule has 2 unspecified atom stereocenters. The number of nitrogens with zero attached hydrogens (tertiary/aromatic N) is 1. The molecule has 2 aromatic carbocycles. The maximum atomic E-state index is 13.0. The van der Waals surface area contributed by atoms with Gasteiger partial charge in [-0.3, -0.25) is 4.79 Å². The van der Waals surface area contributed by atoms with Gasteiger partial charge in [0, 0.05) is 18.4 Å². The van der Waals surface area contributed by atoms with Crippen LogP contribution in [0.15, 0.2) is 54.6 Å². The van der Waals surface area contributed by atoms with Crippen molar-refractivity contribution in [2.75, 3.05) is 20.6 Å². The molecule has 0 aliphatic heterocycles. The van der Waals surface area contributed by atoms with Crippen LogP contribution in [-0.4, -0.2) is 37.4 Å². The number of aryl methyl sites for hydroxylation is 1. The number of esters is 1. The van der Waals surface area contributed by atoms with Crippen LogP contribution in [0.1, 0.15) is 115 Å². The van der Waals surface area contributed by atoms with Gasteiger partial charge in [-0.1, -0.05) is 127 Å². The Hall–Kier alpha value is -2.33. The summed E-state index contributed by atoms with van der Waals surface area (Å²) >= 11 is 0. The summed E-state index contributed by atoms with van der Waals surface area (Å²) in [7, 11) is 4.44. The third-order valence-corrected chi connectivity index (χ3v) is 7.83. The number of para-hydroxylation sites is 1. The van der Waals surface area contributed by atoms with E-state index in [1.807, 2.05) is 25.1 Å². The van der Waals surface area contributed by atoms with Crippen molar-refractivity contribution in [1.29, 1.82) is 0 Å². The molecule has 224 valence electrons. The van der Waals surface area contributed by atoms with Crippen LogP contribution >= 0.6 is 0 Å². The fraction of sp³-hybridized carbons (Fsp3) is 0.639. The number of hydrogen-bond acceptors (Lipinski definition) is 3. The Bertz CT molecular complexity index is 927. The standard InChI is InChI=1S/C36H58NO3/c1-6-8-9-10-11-12-13-14-15-19-25-33-26-20-21-27-34(33)39-35(22-7-2)40-36(38)31(3)28-29-37(4,5)30-32-23-17-16-18-24-32/h16-18,20-21,23-24,26-27,31,35H,6-15,19,22,25,28-30H2,1-5H3/q+1. The molecule has 0 fully saturated rings. The lowest BCUT2D eigenvalue weighted by Gasteiger charge is -2.31. The molecule has 4 heteroatoms. The molecular weight excluding hydrogens is 494 g/mol. The van der Waals surface area contributed by atoms with Crippen molar-refractivity contribution in [1.82, 2.24) is 0 Å². The summed E-state index contributed by atoms with van der Waals surface area (Å²) in [6.07, 6.45) is 16.2. The second kappa shape index (κ2) is 19.7. The SMILES string of the molecule is CCCCCCCCCCCCc1ccccc1OC(CCC)OC(=O)C(C)CC[N+](C)(C)Cc1ccccc1. The first-order valence-electron chi connectivity index (χ1n) is 16.2. The highest BCUT2D eigenvalue weighted by atomic mass is 16.7. The summed E-state index contributed by atoms with van der Waals surface area (Å²) in [5, 5.41) is 0. The molecule has 0 amide bonds. The number of unbranched alkanes of at least 4 members (excludes halogenated alkanes) is 9. The van der Waals surface area contributed by atoms with Gasteiger partial charge in [0.2, 0.25) is 6.29 Å². The summed E-state index contributed by atoms with van der Waals surface area (Å²) in [5.74, 6) is 0.529. The van der Waals surface area contributed by atoms with E-state index in [9.17, 15) is 4.79 Å². The second-order valence-electron chi connectivity index (χ2n) is 12.3. The summed E-state index contributed by atoms with van der Waals surface area (Å²) < 4.78 is 13.1. The first-order chi connectivity index (χ1) is 19.3. The van der Waals surface area contributed by atoms with Crippen molar-refractivity contribution >= 4 is 5.97 Å². The molecule has 0 spiro atoms. The zero-order valence-corrected chi connectivity index (χ0v) is 26.3. The van der Waals surface area contributed by atoms with Gasteiger partial charge in [0.1, 0.15) is 12.3 Å². The van der Waals surface area contributed by atoms with Gasteiger partial charge in [-0.2, -0.15) is 0 Å². The first-order valence-corrected chi connectivity index (χ1v) is 16.2. The minimum absolute atomic E-state index is 0.162. The zero-order valence-electron chi connectivity index (χ0n) is 26.3. The lowest BCUT2D eigenvalue weighted by molar-refractivity contribution is -0.904. The number of rotatable bonds is 22. The number of ether oxygens (including phenoxy) is 2. The Balaban J connectivity index is 1.78. The molecule has 2 atom stereocenters. The lowest BCUT2D eigenvalue weighted by atomic mass is 10.0. The Morgan fingerprint density at radius 1 is 0.750 bits per heavy atom. The van der Waals surface area contributed by atoms with E-state index in [0.717, 1.165) is 42.6 Å². The molecular formula is C36H58NO3+. The van der Waals surface area contributed by atoms with Crippen molar-refractivity contribution in [2.24, 2.45) is 5.92 Å². The van der Waals surface area contributed by atoms with E-state index in [2.05, 4.69) is 64.3 Å². The average molecular weight is 553 g/mol. The molecule has 40 heavy (non-hydrogen) atoms. The molecule has 0 aromatic heterocycles. The summed E-state index contributed by atoms with van der Waals surface area (Å²) in [6, 6.07) is 18.8. The van der Waals surface area contributed by atoms with Crippen LogP contribution < -0.4 is 4.74 Å². The number of benzene rings is 2. The van der Waals surface area contributed by atoms with E-state index < -0.39 is 6.29 Å². The van der Waals surface area contributed by atoms with E-state index in [-0.39, 0.29) is 11.9 Å². The fourth-order valence-electron chi connectivity index (χ4n) is 5.21. The maximum absolute atomic E-state index is 13.0. The molecule has 0 aliphatic rings. The van der Waals surface area contributed by atoms with Crippen LogP contribution in [0.2, 0.25) is 0 Å². The highest BCUT2D eigenvalue weighted by Gasteiger charge is 2.25. The van der Waals surface area contributed by atoms with Gasteiger partial charge < -0.3 is 14.0 Å². The Morgan fingerprint density at radius 3 is 2.00 bits per heavy atom. The fourth-order valence-corrected chi connectivity index (χ4v) is 5.21. The smallest absolute Gasteiger partial charge is 0.311 e.